The maximum Gasteiger partial charge on any atom is 0.421 e. The molecule has 1 unspecified atom stereocenters. The average Bonchev–Trinajstić information content (AvgIpc) is 3.11. The quantitative estimate of drug-likeness (QED) is 0.843. The normalized spacial score (nSPS) is 19.3. The second kappa shape index (κ2) is 6.15. The monoisotopic (exact) mass is 348 g/mol. The van der Waals surface area contributed by atoms with Crippen LogP contribution in [0, 0.1) is 0 Å². The van der Waals surface area contributed by atoms with Gasteiger partial charge in [0.05, 0.1) is 12.3 Å². The van der Waals surface area contributed by atoms with Crippen LogP contribution in [0.1, 0.15) is 22.8 Å². The van der Waals surface area contributed by atoms with Gasteiger partial charge in [-0.1, -0.05) is 30.3 Å². The zero-order chi connectivity index (χ0) is 18.3. The van der Waals surface area contributed by atoms with E-state index in [9.17, 15) is 14.4 Å². The first-order valence-corrected chi connectivity index (χ1v) is 8.34. The minimum Gasteiger partial charge on any atom is -0.449 e. The summed E-state index contributed by atoms with van der Waals surface area (Å²) in [6.07, 6.45) is 0.866. The summed E-state index contributed by atoms with van der Waals surface area (Å²) in [7, 11) is 0. The smallest absolute Gasteiger partial charge is 0.421 e. The van der Waals surface area contributed by atoms with E-state index in [2.05, 4.69) is 5.32 Å². The van der Waals surface area contributed by atoms with Gasteiger partial charge >= 0.3 is 6.09 Å². The summed E-state index contributed by atoms with van der Waals surface area (Å²) in [5.74, 6) is -0.594. The van der Waals surface area contributed by atoms with Gasteiger partial charge in [-0.2, -0.15) is 0 Å². The Balaban J connectivity index is 1.74. The molecule has 2 aromatic carbocycles. The number of hydrogen-bond acceptors (Lipinski definition) is 5. The van der Waals surface area contributed by atoms with Gasteiger partial charge in [0.25, 0.3) is 5.91 Å². The Kier molecular flexibility index (Phi) is 3.80. The number of hydrogen-bond donors (Lipinski definition) is 1. The molecule has 130 valence electrons. The molecular weight excluding hydrogens is 332 g/mol. The predicted octanol–water partition coefficient (Wildman–Crippen LogP) is 3.25. The van der Waals surface area contributed by atoms with Crippen LogP contribution in [0.15, 0.2) is 54.6 Å². The third-order valence-corrected chi connectivity index (χ3v) is 4.44. The summed E-state index contributed by atoms with van der Waals surface area (Å²) < 4.78 is 5.00. The molecule has 0 aliphatic carbocycles. The number of carbonyl (C=O) groups excluding carboxylic acids is 3. The highest BCUT2D eigenvalue weighted by molar-refractivity contribution is 6.39. The fourth-order valence-electron chi connectivity index (χ4n) is 3.28. The number of ether oxygens (including phenoxy) is 1. The summed E-state index contributed by atoms with van der Waals surface area (Å²) in [4.78, 5) is 38.7. The van der Waals surface area contributed by atoms with Crippen molar-refractivity contribution in [3.8, 4) is 0 Å². The molecule has 0 aromatic heterocycles. The summed E-state index contributed by atoms with van der Waals surface area (Å²) in [6.45, 7) is 1.85. The molecule has 26 heavy (non-hydrogen) atoms. The highest BCUT2D eigenvalue weighted by Gasteiger charge is 2.39. The lowest BCUT2D eigenvalue weighted by Gasteiger charge is -2.14. The van der Waals surface area contributed by atoms with Gasteiger partial charge in [0.2, 0.25) is 0 Å². The molecule has 4 rings (SSSR count). The van der Waals surface area contributed by atoms with E-state index in [1.165, 1.54) is 0 Å². The number of carbonyl (C=O) groups is 3. The van der Waals surface area contributed by atoms with Gasteiger partial charge in [-0.15, -0.1) is 0 Å². The fraction of sp³-hybridized carbons (Fsp3) is 0.150. The van der Waals surface area contributed by atoms with Crippen LogP contribution in [0.25, 0.3) is 5.57 Å². The molecule has 2 aromatic rings. The van der Waals surface area contributed by atoms with Crippen LogP contribution in [0.3, 0.4) is 0 Å². The van der Waals surface area contributed by atoms with Crippen molar-refractivity contribution in [2.24, 2.45) is 0 Å². The highest BCUT2D eigenvalue weighted by atomic mass is 16.6. The summed E-state index contributed by atoms with van der Waals surface area (Å²) in [6, 6.07) is 13.5. The van der Waals surface area contributed by atoms with Gasteiger partial charge in [-0.25, -0.2) is 9.69 Å². The number of Topliss-reactive ketones (excluding diaryl/α,β-unsaturated/α-hetero) is 1. The van der Waals surface area contributed by atoms with Gasteiger partial charge in [-0.3, -0.25) is 9.59 Å². The molecule has 6 heteroatoms. The fourth-order valence-corrected chi connectivity index (χ4v) is 3.28. The summed E-state index contributed by atoms with van der Waals surface area (Å²) in [5, 5.41) is 3.12. The van der Waals surface area contributed by atoms with Gasteiger partial charge in [0.15, 0.2) is 5.78 Å². The van der Waals surface area contributed by atoms with E-state index in [0.29, 0.717) is 22.4 Å². The van der Waals surface area contributed by atoms with Crippen LogP contribution in [0.4, 0.5) is 16.2 Å². The van der Waals surface area contributed by atoms with E-state index >= 15 is 0 Å². The topological polar surface area (TPSA) is 75.7 Å². The van der Waals surface area contributed by atoms with Crippen molar-refractivity contribution < 1.29 is 19.1 Å². The Morgan fingerprint density at radius 1 is 1.12 bits per heavy atom. The number of fused-ring (bicyclic) bond motifs is 2. The van der Waals surface area contributed by atoms with Crippen molar-refractivity contribution in [1.29, 1.82) is 0 Å². The van der Waals surface area contributed by atoms with Crippen LogP contribution in [0.2, 0.25) is 0 Å². The van der Waals surface area contributed by atoms with Gasteiger partial charge in [0.1, 0.15) is 6.04 Å². The molecule has 1 N–H and O–H groups in total. The van der Waals surface area contributed by atoms with E-state index in [1.54, 1.807) is 49.4 Å². The molecule has 2 heterocycles. The molecule has 0 bridgehead atoms. The highest BCUT2D eigenvalue weighted by Crippen LogP contribution is 2.38. The van der Waals surface area contributed by atoms with Crippen LogP contribution in [0.5, 0.6) is 0 Å². The van der Waals surface area contributed by atoms with E-state index < -0.39 is 18.0 Å². The van der Waals surface area contributed by atoms with Crippen LogP contribution < -0.4 is 10.2 Å². The number of anilines is 2. The van der Waals surface area contributed by atoms with E-state index in [0.717, 1.165) is 10.6 Å². The molecule has 1 atom stereocenters. The molecule has 0 fully saturated rings. The molecule has 2 aliphatic rings. The third-order valence-electron chi connectivity index (χ3n) is 4.44. The van der Waals surface area contributed by atoms with E-state index in [1.807, 2.05) is 12.1 Å². The summed E-state index contributed by atoms with van der Waals surface area (Å²) in [5.41, 5.74) is 2.71. The van der Waals surface area contributed by atoms with E-state index in [4.69, 9.17) is 4.74 Å². The second-order valence-corrected chi connectivity index (χ2v) is 5.97. The Morgan fingerprint density at radius 2 is 1.81 bits per heavy atom. The number of ketones is 1. The standard InChI is InChI=1S/C20H16N2O4/c1-2-26-20(25)22-17-10-6-4-7-12(17)14(19(22)24)11-16-18(23)13-8-3-5-9-15(13)21-16/h3-11,16,21H,2H2,1H3/b14-11-. The Hall–Kier alpha value is -3.41. The van der Waals surface area contributed by atoms with Gasteiger partial charge < -0.3 is 10.1 Å². The predicted molar refractivity (Wildman–Crippen MR) is 97.1 cm³/mol. The summed E-state index contributed by atoms with van der Waals surface area (Å²) >= 11 is 0. The minimum absolute atomic E-state index is 0.104. The first-order valence-electron chi connectivity index (χ1n) is 8.34. The lowest BCUT2D eigenvalue weighted by Crippen LogP contribution is -2.34. The van der Waals surface area contributed by atoms with Crippen molar-refractivity contribution in [2.45, 2.75) is 13.0 Å². The lowest BCUT2D eigenvalue weighted by atomic mass is 10.0. The minimum atomic E-state index is -0.720. The third kappa shape index (κ3) is 2.38. The Morgan fingerprint density at radius 3 is 2.54 bits per heavy atom. The van der Waals surface area contributed by atoms with Gasteiger partial charge in [0, 0.05) is 22.4 Å². The number of rotatable bonds is 2. The first-order chi connectivity index (χ1) is 12.6. The maximum absolute atomic E-state index is 12.9. The van der Waals surface area contributed by atoms with Crippen LogP contribution >= 0.6 is 0 Å². The van der Waals surface area contributed by atoms with Gasteiger partial charge in [-0.05, 0) is 31.2 Å². The molecular formula is C20H16N2O4. The van der Waals surface area contributed by atoms with Crippen molar-refractivity contribution in [2.75, 3.05) is 16.8 Å². The molecule has 0 radical (unpaired) electrons. The lowest BCUT2D eigenvalue weighted by molar-refractivity contribution is -0.112. The molecule has 0 saturated carbocycles. The van der Waals surface area contributed by atoms with Crippen molar-refractivity contribution in [3.63, 3.8) is 0 Å². The first kappa shape index (κ1) is 16.1. The molecule has 2 amide bonds. The molecule has 2 aliphatic heterocycles. The Labute approximate surface area is 150 Å². The van der Waals surface area contributed by atoms with Crippen molar-refractivity contribution >= 4 is 34.7 Å². The second-order valence-electron chi connectivity index (χ2n) is 5.97. The zero-order valence-corrected chi connectivity index (χ0v) is 14.1. The Bertz CT molecular complexity index is 964. The largest absolute Gasteiger partial charge is 0.449 e. The zero-order valence-electron chi connectivity index (χ0n) is 14.1. The molecule has 6 nitrogen and oxygen atoms in total. The number of para-hydroxylation sites is 2. The number of nitrogens with one attached hydrogen (secondary N) is 1. The number of benzene rings is 2. The molecule has 0 spiro atoms. The van der Waals surface area contributed by atoms with E-state index in [-0.39, 0.29) is 12.4 Å². The van der Waals surface area contributed by atoms with Crippen molar-refractivity contribution in [3.05, 3.63) is 65.7 Å². The maximum atomic E-state index is 12.9. The number of imide groups is 1. The van der Waals surface area contributed by atoms with Crippen LogP contribution in [-0.4, -0.2) is 30.4 Å². The van der Waals surface area contributed by atoms with Crippen LogP contribution in [-0.2, 0) is 9.53 Å². The van der Waals surface area contributed by atoms with Crippen molar-refractivity contribution in [1.82, 2.24) is 0 Å². The number of nitrogens with zero attached hydrogens (tertiary/aromatic N) is 1. The SMILES string of the molecule is CCOC(=O)N1C(=O)/C(=C\C2Nc3ccccc3C2=O)c2ccccc21. The molecule has 0 saturated heterocycles. The number of amides is 2. The average molecular weight is 348 g/mol.